The standard InChI is InChI=1S/C18H30N4OS/c1-16(24-3)15-20-18(19-2)22-11-9-21(10-12-22)13-14-23-17-7-5-4-6-8-17/h4-8,16H,9-15H2,1-3H3,(H,19,20). The molecule has 1 aliphatic rings. The second-order valence-electron chi connectivity index (χ2n) is 5.96. The highest BCUT2D eigenvalue weighted by atomic mass is 32.2. The van der Waals surface area contributed by atoms with Crippen LogP contribution < -0.4 is 10.1 Å². The van der Waals surface area contributed by atoms with E-state index in [1.165, 1.54) is 0 Å². The molecule has 1 saturated heterocycles. The van der Waals surface area contributed by atoms with Crippen molar-refractivity contribution in [3.63, 3.8) is 0 Å². The lowest BCUT2D eigenvalue weighted by Gasteiger charge is -2.36. The van der Waals surface area contributed by atoms with Crippen molar-refractivity contribution < 1.29 is 4.74 Å². The molecule has 0 spiro atoms. The minimum absolute atomic E-state index is 0.596. The molecule has 2 rings (SSSR count). The fourth-order valence-corrected chi connectivity index (χ4v) is 2.89. The summed E-state index contributed by atoms with van der Waals surface area (Å²) in [4.78, 5) is 9.23. The summed E-state index contributed by atoms with van der Waals surface area (Å²) in [6.07, 6.45) is 2.14. The van der Waals surface area contributed by atoms with Crippen molar-refractivity contribution in [3.8, 4) is 5.75 Å². The predicted molar refractivity (Wildman–Crippen MR) is 104 cm³/mol. The number of guanidine groups is 1. The smallest absolute Gasteiger partial charge is 0.193 e. The van der Waals surface area contributed by atoms with Crippen molar-refractivity contribution in [1.29, 1.82) is 0 Å². The summed E-state index contributed by atoms with van der Waals surface area (Å²) >= 11 is 1.87. The summed E-state index contributed by atoms with van der Waals surface area (Å²) in [5, 5.41) is 4.08. The molecule has 134 valence electrons. The quantitative estimate of drug-likeness (QED) is 0.602. The van der Waals surface area contributed by atoms with E-state index in [0.717, 1.165) is 57.6 Å². The molecular weight excluding hydrogens is 320 g/mol. The van der Waals surface area contributed by atoms with Crippen LogP contribution in [0, 0.1) is 0 Å². The zero-order chi connectivity index (χ0) is 17.2. The topological polar surface area (TPSA) is 40.1 Å². The van der Waals surface area contributed by atoms with Gasteiger partial charge in [0, 0.05) is 51.6 Å². The summed E-state index contributed by atoms with van der Waals surface area (Å²) in [5.74, 6) is 1.97. The third kappa shape index (κ3) is 6.24. The third-order valence-electron chi connectivity index (χ3n) is 4.25. The molecule has 1 atom stereocenters. The first-order valence-electron chi connectivity index (χ1n) is 8.61. The van der Waals surface area contributed by atoms with Gasteiger partial charge in [0.15, 0.2) is 5.96 Å². The van der Waals surface area contributed by atoms with Gasteiger partial charge in [0.25, 0.3) is 0 Å². The molecular formula is C18H30N4OS. The van der Waals surface area contributed by atoms with Crippen molar-refractivity contribution in [2.24, 2.45) is 4.99 Å². The van der Waals surface area contributed by atoms with Gasteiger partial charge in [-0.1, -0.05) is 25.1 Å². The van der Waals surface area contributed by atoms with Gasteiger partial charge in [0.2, 0.25) is 0 Å². The average Bonchev–Trinajstić information content (AvgIpc) is 2.64. The maximum Gasteiger partial charge on any atom is 0.193 e. The number of ether oxygens (including phenoxy) is 1. The molecule has 0 aliphatic carbocycles. The Hall–Kier alpha value is -1.40. The first kappa shape index (κ1) is 18.9. The number of aliphatic imine (C=N–C) groups is 1. The maximum atomic E-state index is 5.79. The molecule has 0 radical (unpaired) electrons. The number of thioether (sulfide) groups is 1. The third-order valence-corrected chi connectivity index (χ3v) is 5.22. The zero-order valence-corrected chi connectivity index (χ0v) is 15.9. The van der Waals surface area contributed by atoms with Gasteiger partial charge in [-0.15, -0.1) is 0 Å². The molecule has 0 amide bonds. The van der Waals surface area contributed by atoms with Crippen molar-refractivity contribution >= 4 is 17.7 Å². The SMILES string of the molecule is CN=C(NCC(C)SC)N1CCN(CCOc2ccccc2)CC1. The van der Waals surface area contributed by atoms with Crippen molar-refractivity contribution in [2.75, 3.05) is 59.2 Å². The van der Waals surface area contributed by atoms with Gasteiger partial charge in [-0.25, -0.2) is 0 Å². The van der Waals surface area contributed by atoms with Crippen molar-refractivity contribution in [3.05, 3.63) is 30.3 Å². The maximum absolute atomic E-state index is 5.79. The van der Waals surface area contributed by atoms with E-state index in [1.807, 2.05) is 49.1 Å². The average molecular weight is 351 g/mol. The van der Waals surface area contributed by atoms with Crippen LogP contribution in [-0.2, 0) is 0 Å². The highest BCUT2D eigenvalue weighted by Gasteiger charge is 2.19. The molecule has 0 aromatic heterocycles. The minimum atomic E-state index is 0.596. The fourth-order valence-electron chi connectivity index (χ4n) is 2.64. The Morgan fingerprint density at radius 3 is 2.58 bits per heavy atom. The number of hydrogen-bond donors (Lipinski definition) is 1. The number of piperazine rings is 1. The fraction of sp³-hybridized carbons (Fsp3) is 0.611. The van der Waals surface area contributed by atoms with E-state index in [2.05, 4.69) is 33.3 Å². The number of hydrogen-bond acceptors (Lipinski definition) is 4. The second kappa shape index (κ2) is 10.5. The van der Waals surface area contributed by atoms with Crippen molar-refractivity contribution in [1.82, 2.24) is 15.1 Å². The van der Waals surface area contributed by atoms with Crippen LogP contribution in [0.1, 0.15) is 6.92 Å². The molecule has 1 heterocycles. The van der Waals surface area contributed by atoms with Crippen LogP contribution in [0.5, 0.6) is 5.75 Å². The summed E-state index contributed by atoms with van der Waals surface area (Å²) in [7, 11) is 1.87. The molecule has 0 saturated carbocycles. The highest BCUT2D eigenvalue weighted by Crippen LogP contribution is 2.09. The lowest BCUT2D eigenvalue weighted by atomic mass is 10.3. The van der Waals surface area contributed by atoms with Crippen LogP contribution in [0.4, 0.5) is 0 Å². The molecule has 0 bridgehead atoms. The number of benzene rings is 1. The Morgan fingerprint density at radius 2 is 1.96 bits per heavy atom. The number of para-hydroxylation sites is 1. The number of rotatable bonds is 7. The van der Waals surface area contributed by atoms with Crippen LogP contribution in [0.15, 0.2) is 35.3 Å². The highest BCUT2D eigenvalue weighted by molar-refractivity contribution is 7.99. The van der Waals surface area contributed by atoms with Crippen LogP contribution in [-0.4, -0.2) is 80.2 Å². The lowest BCUT2D eigenvalue weighted by Crippen LogP contribution is -2.53. The molecule has 1 aromatic rings. The second-order valence-corrected chi connectivity index (χ2v) is 7.24. The molecule has 1 unspecified atom stereocenters. The van der Waals surface area contributed by atoms with E-state index in [0.29, 0.717) is 5.25 Å². The van der Waals surface area contributed by atoms with E-state index in [-0.39, 0.29) is 0 Å². The van der Waals surface area contributed by atoms with Crippen LogP contribution in [0.2, 0.25) is 0 Å². The zero-order valence-electron chi connectivity index (χ0n) is 15.1. The monoisotopic (exact) mass is 350 g/mol. The van der Waals surface area contributed by atoms with Gasteiger partial charge in [0.05, 0.1) is 0 Å². The molecule has 24 heavy (non-hydrogen) atoms. The van der Waals surface area contributed by atoms with E-state index in [1.54, 1.807) is 0 Å². The molecule has 1 fully saturated rings. The number of nitrogens with zero attached hydrogens (tertiary/aromatic N) is 3. The predicted octanol–water partition coefficient (Wildman–Crippen LogP) is 2.01. The van der Waals surface area contributed by atoms with E-state index in [9.17, 15) is 0 Å². The molecule has 1 aromatic carbocycles. The Balaban J connectivity index is 1.66. The minimum Gasteiger partial charge on any atom is -0.492 e. The van der Waals surface area contributed by atoms with Gasteiger partial charge in [0.1, 0.15) is 12.4 Å². The molecule has 1 N–H and O–H groups in total. The Morgan fingerprint density at radius 1 is 1.25 bits per heavy atom. The number of nitrogens with one attached hydrogen (secondary N) is 1. The lowest BCUT2D eigenvalue weighted by molar-refractivity contribution is 0.152. The van der Waals surface area contributed by atoms with Gasteiger partial charge in [-0.2, -0.15) is 11.8 Å². The first-order chi connectivity index (χ1) is 11.7. The van der Waals surface area contributed by atoms with Gasteiger partial charge >= 0.3 is 0 Å². The van der Waals surface area contributed by atoms with E-state index in [4.69, 9.17) is 4.74 Å². The Labute approximate surface area is 150 Å². The van der Waals surface area contributed by atoms with E-state index < -0.39 is 0 Å². The van der Waals surface area contributed by atoms with Gasteiger partial charge in [-0.05, 0) is 18.4 Å². The van der Waals surface area contributed by atoms with Crippen molar-refractivity contribution in [2.45, 2.75) is 12.2 Å². The molecule has 6 heteroatoms. The van der Waals surface area contributed by atoms with Gasteiger partial charge < -0.3 is 15.0 Å². The Bertz CT molecular complexity index is 489. The summed E-state index contributed by atoms with van der Waals surface area (Å²) in [6.45, 7) is 9.03. The largest absolute Gasteiger partial charge is 0.492 e. The van der Waals surface area contributed by atoms with E-state index >= 15 is 0 Å². The molecule has 5 nitrogen and oxygen atoms in total. The van der Waals surface area contributed by atoms with Crippen LogP contribution in [0.25, 0.3) is 0 Å². The Kier molecular flexibility index (Phi) is 8.25. The summed E-state index contributed by atoms with van der Waals surface area (Å²) in [5.41, 5.74) is 0. The van der Waals surface area contributed by atoms with Gasteiger partial charge in [-0.3, -0.25) is 9.89 Å². The van der Waals surface area contributed by atoms with Crippen LogP contribution in [0.3, 0.4) is 0 Å². The summed E-state index contributed by atoms with van der Waals surface area (Å²) in [6, 6.07) is 10.0. The van der Waals surface area contributed by atoms with Crippen LogP contribution >= 0.6 is 11.8 Å². The normalized spacial score (nSPS) is 17.6. The molecule has 1 aliphatic heterocycles. The first-order valence-corrected chi connectivity index (χ1v) is 9.90. The summed E-state index contributed by atoms with van der Waals surface area (Å²) < 4.78 is 5.79.